The molecule has 3 heterocycles. The van der Waals surface area contributed by atoms with E-state index < -0.39 is 11.8 Å². The van der Waals surface area contributed by atoms with Crippen molar-refractivity contribution in [3.05, 3.63) is 35.9 Å². The van der Waals surface area contributed by atoms with Gasteiger partial charge in [0.05, 0.1) is 36.7 Å². The van der Waals surface area contributed by atoms with Crippen LogP contribution in [0.4, 0.5) is 14.5 Å². The lowest BCUT2D eigenvalue weighted by Gasteiger charge is -2.39. The molecule has 1 aliphatic heterocycles. The molecule has 0 spiro atoms. The summed E-state index contributed by atoms with van der Waals surface area (Å²) in [5.41, 5.74) is 6.88. The third kappa shape index (κ3) is 2.44. The fourth-order valence-corrected chi connectivity index (χ4v) is 2.22. The summed E-state index contributed by atoms with van der Waals surface area (Å²) in [5.74, 6) is -2.81. The van der Waals surface area contributed by atoms with Crippen LogP contribution < -0.4 is 10.6 Å². The normalized spacial score (nSPS) is 16.6. The Labute approximate surface area is 119 Å². The summed E-state index contributed by atoms with van der Waals surface area (Å²) in [6.07, 6.45) is 4.52. The molecule has 21 heavy (non-hydrogen) atoms. The average molecular weight is 293 g/mol. The number of nitrogens with zero attached hydrogens (tertiary/aromatic N) is 4. The molecule has 0 unspecified atom stereocenters. The van der Waals surface area contributed by atoms with E-state index in [1.807, 2.05) is 0 Å². The summed E-state index contributed by atoms with van der Waals surface area (Å²) in [6.45, 7) is 1.16. The van der Waals surface area contributed by atoms with Crippen LogP contribution in [-0.4, -0.2) is 39.5 Å². The van der Waals surface area contributed by atoms with E-state index in [9.17, 15) is 13.6 Å². The van der Waals surface area contributed by atoms with E-state index in [4.69, 9.17) is 5.73 Å². The molecule has 6 nitrogen and oxygen atoms in total. The number of amides is 1. The van der Waals surface area contributed by atoms with Crippen LogP contribution in [0.15, 0.2) is 24.7 Å². The second-order valence-electron chi connectivity index (χ2n) is 5.06. The number of carbonyl (C=O) groups excluding carboxylic acids is 1. The van der Waals surface area contributed by atoms with Crippen molar-refractivity contribution in [1.82, 2.24) is 14.5 Å². The molecule has 1 aliphatic rings. The minimum atomic E-state index is -2.63. The van der Waals surface area contributed by atoms with E-state index >= 15 is 0 Å². The average Bonchev–Trinajstić information content (AvgIpc) is 2.78. The summed E-state index contributed by atoms with van der Waals surface area (Å²) in [6, 6.07) is 1.63. The van der Waals surface area contributed by atoms with E-state index in [-0.39, 0.29) is 13.1 Å². The monoisotopic (exact) mass is 293 g/mol. The largest absolute Gasteiger partial charge is 0.366 e. The number of primary amides is 1. The fraction of sp³-hybridized carbons (Fsp3) is 0.308. The lowest BCUT2D eigenvalue weighted by molar-refractivity contribution is -0.0263. The number of halogens is 2. The quantitative estimate of drug-likeness (QED) is 0.920. The number of hydrogen-bond acceptors (Lipinski definition) is 4. The van der Waals surface area contributed by atoms with E-state index in [0.717, 1.165) is 5.69 Å². The van der Waals surface area contributed by atoms with Gasteiger partial charge >= 0.3 is 0 Å². The molecule has 0 aromatic carbocycles. The van der Waals surface area contributed by atoms with Crippen molar-refractivity contribution >= 4 is 11.6 Å². The summed E-state index contributed by atoms with van der Waals surface area (Å²) in [5, 5.41) is 0. The molecular weight excluding hydrogens is 280 g/mol. The van der Waals surface area contributed by atoms with Gasteiger partial charge in [-0.05, 0) is 13.0 Å². The maximum absolute atomic E-state index is 12.8. The SMILES string of the molecule is Cc1cc(C(N)=O)cn1-c1ncc(N2CC(F)(F)C2)cn1. The van der Waals surface area contributed by atoms with Crippen LogP contribution >= 0.6 is 0 Å². The number of carbonyl (C=O) groups is 1. The predicted molar refractivity (Wildman–Crippen MR) is 71.8 cm³/mol. The maximum Gasteiger partial charge on any atom is 0.282 e. The number of aromatic nitrogens is 3. The Balaban J connectivity index is 1.83. The van der Waals surface area contributed by atoms with E-state index in [2.05, 4.69) is 9.97 Å². The standard InChI is InChI=1S/C13H13F2N5O/c1-8-2-9(11(16)21)5-20(8)12-17-3-10(4-18-12)19-6-13(14,15)7-19/h2-5H,6-7H2,1H3,(H2,16,21). The number of aryl methyl sites for hydroxylation is 1. The van der Waals surface area contributed by atoms with Crippen LogP contribution in [0.1, 0.15) is 16.1 Å². The molecule has 8 heteroatoms. The number of alkyl halides is 2. The molecule has 1 saturated heterocycles. The third-order valence-corrected chi connectivity index (χ3v) is 3.35. The van der Waals surface area contributed by atoms with Crippen LogP contribution in [0.3, 0.4) is 0 Å². The van der Waals surface area contributed by atoms with Gasteiger partial charge in [0.1, 0.15) is 0 Å². The van der Waals surface area contributed by atoms with Crippen molar-refractivity contribution in [3.63, 3.8) is 0 Å². The van der Waals surface area contributed by atoms with Gasteiger partial charge in [0.25, 0.3) is 5.92 Å². The molecule has 0 radical (unpaired) electrons. The second-order valence-corrected chi connectivity index (χ2v) is 5.06. The molecule has 0 bridgehead atoms. The Kier molecular flexibility index (Phi) is 2.89. The van der Waals surface area contributed by atoms with Crippen molar-refractivity contribution in [2.75, 3.05) is 18.0 Å². The number of rotatable bonds is 3. The second kappa shape index (κ2) is 4.51. The molecular formula is C13H13F2N5O. The molecule has 0 aliphatic carbocycles. The molecule has 2 aromatic heterocycles. The maximum atomic E-state index is 12.8. The van der Waals surface area contributed by atoms with Crippen LogP contribution in [0.2, 0.25) is 0 Å². The summed E-state index contributed by atoms with van der Waals surface area (Å²) >= 11 is 0. The van der Waals surface area contributed by atoms with Crippen LogP contribution in [0.25, 0.3) is 5.95 Å². The Morgan fingerprint density at radius 3 is 2.43 bits per heavy atom. The molecule has 1 fully saturated rings. The van der Waals surface area contributed by atoms with Crippen molar-refractivity contribution in [3.8, 4) is 5.95 Å². The Morgan fingerprint density at radius 2 is 1.95 bits per heavy atom. The van der Waals surface area contributed by atoms with Crippen LogP contribution in [0, 0.1) is 6.92 Å². The lowest BCUT2D eigenvalue weighted by Crippen LogP contribution is -2.56. The summed E-state index contributed by atoms with van der Waals surface area (Å²) in [7, 11) is 0. The van der Waals surface area contributed by atoms with Gasteiger partial charge in [-0.3, -0.25) is 9.36 Å². The first-order valence-corrected chi connectivity index (χ1v) is 6.30. The zero-order valence-corrected chi connectivity index (χ0v) is 11.3. The first-order valence-electron chi connectivity index (χ1n) is 6.30. The smallest absolute Gasteiger partial charge is 0.282 e. The van der Waals surface area contributed by atoms with Gasteiger partial charge in [-0.1, -0.05) is 0 Å². The summed E-state index contributed by atoms with van der Waals surface area (Å²) in [4.78, 5) is 20.9. The van der Waals surface area contributed by atoms with Crippen molar-refractivity contribution in [2.45, 2.75) is 12.8 Å². The zero-order chi connectivity index (χ0) is 15.2. The van der Waals surface area contributed by atoms with Gasteiger partial charge in [-0.15, -0.1) is 0 Å². The van der Waals surface area contributed by atoms with E-state index in [1.54, 1.807) is 23.8 Å². The van der Waals surface area contributed by atoms with Gasteiger partial charge in [0.15, 0.2) is 0 Å². The first-order chi connectivity index (χ1) is 9.85. The topological polar surface area (TPSA) is 77.0 Å². The van der Waals surface area contributed by atoms with Crippen molar-refractivity contribution < 1.29 is 13.6 Å². The number of hydrogen-bond donors (Lipinski definition) is 1. The van der Waals surface area contributed by atoms with Gasteiger partial charge in [0, 0.05) is 11.9 Å². The fourth-order valence-electron chi connectivity index (χ4n) is 2.22. The van der Waals surface area contributed by atoms with Gasteiger partial charge in [0.2, 0.25) is 11.9 Å². The van der Waals surface area contributed by atoms with Crippen molar-refractivity contribution in [1.29, 1.82) is 0 Å². The minimum absolute atomic E-state index is 0.315. The van der Waals surface area contributed by atoms with E-state index in [0.29, 0.717) is 17.2 Å². The van der Waals surface area contributed by atoms with Gasteiger partial charge in [-0.25, -0.2) is 18.7 Å². The lowest BCUT2D eigenvalue weighted by atomic mass is 10.1. The number of nitrogens with two attached hydrogens (primary N) is 1. The number of anilines is 1. The van der Waals surface area contributed by atoms with E-state index in [1.165, 1.54) is 17.3 Å². The molecule has 0 saturated carbocycles. The molecule has 2 aromatic rings. The van der Waals surface area contributed by atoms with Gasteiger partial charge in [-0.2, -0.15) is 0 Å². The summed E-state index contributed by atoms with van der Waals surface area (Å²) < 4.78 is 27.3. The van der Waals surface area contributed by atoms with Gasteiger partial charge < -0.3 is 10.6 Å². The molecule has 110 valence electrons. The highest BCUT2D eigenvalue weighted by Gasteiger charge is 2.44. The first kappa shape index (κ1) is 13.5. The zero-order valence-electron chi connectivity index (χ0n) is 11.3. The third-order valence-electron chi connectivity index (χ3n) is 3.35. The molecule has 3 rings (SSSR count). The molecule has 2 N–H and O–H groups in total. The van der Waals surface area contributed by atoms with Crippen LogP contribution in [0.5, 0.6) is 0 Å². The minimum Gasteiger partial charge on any atom is -0.366 e. The molecule has 0 atom stereocenters. The highest BCUT2D eigenvalue weighted by molar-refractivity contribution is 5.92. The Hall–Kier alpha value is -2.51. The Bertz CT molecular complexity index is 687. The van der Waals surface area contributed by atoms with Crippen molar-refractivity contribution in [2.24, 2.45) is 5.73 Å². The van der Waals surface area contributed by atoms with Crippen LogP contribution in [-0.2, 0) is 0 Å². The highest BCUT2D eigenvalue weighted by Crippen LogP contribution is 2.30. The predicted octanol–water partition coefficient (Wildman–Crippen LogP) is 1.13. The highest BCUT2D eigenvalue weighted by atomic mass is 19.3. The Morgan fingerprint density at radius 1 is 1.33 bits per heavy atom. The molecule has 1 amide bonds.